The molecular formula is C20H22N2O4. The SMILES string of the molecule is COC(=O)[C@@H](NC(=O)CC(=O)[C@H](N)Cc1ccccc1)c1ccccc1. The summed E-state index contributed by atoms with van der Waals surface area (Å²) in [5, 5.41) is 2.54. The fraction of sp³-hybridized carbons (Fsp3) is 0.250. The van der Waals surface area contributed by atoms with E-state index in [1.807, 2.05) is 30.3 Å². The number of nitrogens with one attached hydrogen (secondary N) is 1. The molecule has 0 aliphatic rings. The summed E-state index contributed by atoms with van der Waals surface area (Å²) in [5.74, 6) is -1.56. The van der Waals surface area contributed by atoms with Crippen LogP contribution in [0.25, 0.3) is 0 Å². The maximum atomic E-state index is 12.2. The number of ether oxygens (including phenoxy) is 1. The maximum Gasteiger partial charge on any atom is 0.333 e. The van der Waals surface area contributed by atoms with Crippen LogP contribution in [0.3, 0.4) is 0 Å². The van der Waals surface area contributed by atoms with Crippen LogP contribution in [0.4, 0.5) is 0 Å². The molecule has 26 heavy (non-hydrogen) atoms. The van der Waals surface area contributed by atoms with Crippen molar-refractivity contribution in [3.63, 3.8) is 0 Å². The molecule has 0 aromatic heterocycles. The van der Waals surface area contributed by atoms with Crippen molar-refractivity contribution >= 4 is 17.7 Å². The van der Waals surface area contributed by atoms with Gasteiger partial charge in [0.25, 0.3) is 0 Å². The second kappa shape index (κ2) is 9.48. The lowest BCUT2D eigenvalue weighted by molar-refractivity contribution is -0.145. The molecule has 0 spiro atoms. The summed E-state index contributed by atoms with van der Waals surface area (Å²) < 4.78 is 4.74. The number of hydrogen-bond acceptors (Lipinski definition) is 5. The lowest BCUT2D eigenvalue weighted by Gasteiger charge is -2.17. The Bertz CT molecular complexity index is 747. The van der Waals surface area contributed by atoms with Crippen LogP contribution in [-0.4, -0.2) is 30.8 Å². The second-order valence-corrected chi connectivity index (χ2v) is 5.87. The molecule has 0 fully saturated rings. The molecule has 0 saturated heterocycles. The topological polar surface area (TPSA) is 98.5 Å². The van der Waals surface area contributed by atoms with Crippen molar-refractivity contribution in [1.82, 2.24) is 5.32 Å². The Balaban J connectivity index is 1.96. The van der Waals surface area contributed by atoms with Crippen LogP contribution in [0.15, 0.2) is 60.7 Å². The lowest BCUT2D eigenvalue weighted by atomic mass is 10.0. The molecule has 2 atom stereocenters. The smallest absolute Gasteiger partial charge is 0.333 e. The number of benzene rings is 2. The third-order valence-corrected chi connectivity index (χ3v) is 3.92. The molecule has 0 aliphatic carbocycles. The number of nitrogens with two attached hydrogens (primary N) is 1. The maximum absolute atomic E-state index is 12.2. The predicted molar refractivity (Wildman–Crippen MR) is 97.1 cm³/mol. The van der Waals surface area contributed by atoms with E-state index in [9.17, 15) is 14.4 Å². The summed E-state index contributed by atoms with van der Waals surface area (Å²) in [6.45, 7) is 0. The van der Waals surface area contributed by atoms with E-state index in [2.05, 4.69) is 5.32 Å². The van der Waals surface area contributed by atoms with E-state index < -0.39 is 30.4 Å². The van der Waals surface area contributed by atoms with Crippen molar-refractivity contribution in [2.75, 3.05) is 7.11 Å². The van der Waals surface area contributed by atoms with Crippen LogP contribution >= 0.6 is 0 Å². The van der Waals surface area contributed by atoms with Crippen LogP contribution < -0.4 is 11.1 Å². The highest BCUT2D eigenvalue weighted by Crippen LogP contribution is 2.14. The molecule has 2 rings (SSSR count). The summed E-state index contributed by atoms with van der Waals surface area (Å²) in [4.78, 5) is 36.4. The highest BCUT2D eigenvalue weighted by atomic mass is 16.5. The minimum Gasteiger partial charge on any atom is -0.467 e. The van der Waals surface area contributed by atoms with E-state index in [4.69, 9.17) is 10.5 Å². The third-order valence-electron chi connectivity index (χ3n) is 3.92. The number of Topliss-reactive ketones (excluding diaryl/α,β-unsaturated/α-hetero) is 1. The fourth-order valence-corrected chi connectivity index (χ4v) is 2.52. The molecule has 0 saturated carbocycles. The molecule has 3 N–H and O–H groups in total. The van der Waals surface area contributed by atoms with Crippen LogP contribution in [0, 0.1) is 0 Å². The van der Waals surface area contributed by atoms with Gasteiger partial charge in [0.15, 0.2) is 11.8 Å². The Morgan fingerprint density at radius 3 is 2.15 bits per heavy atom. The van der Waals surface area contributed by atoms with E-state index in [-0.39, 0.29) is 5.78 Å². The predicted octanol–water partition coefficient (Wildman–Crippen LogP) is 1.55. The summed E-state index contributed by atoms with van der Waals surface area (Å²) in [7, 11) is 1.24. The van der Waals surface area contributed by atoms with Crippen LogP contribution in [-0.2, 0) is 25.5 Å². The zero-order valence-electron chi connectivity index (χ0n) is 14.6. The summed E-state index contributed by atoms with van der Waals surface area (Å²) in [6.07, 6.45) is -0.0413. The number of esters is 1. The number of rotatable bonds is 8. The number of amides is 1. The zero-order chi connectivity index (χ0) is 18.9. The van der Waals surface area contributed by atoms with Crippen LogP contribution in [0.1, 0.15) is 23.6 Å². The largest absolute Gasteiger partial charge is 0.467 e. The first kappa shape index (κ1) is 19.3. The molecule has 1 amide bonds. The Labute approximate surface area is 152 Å². The Morgan fingerprint density at radius 2 is 1.58 bits per heavy atom. The van der Waals surface area contributed by atoms with E-state index in [0.717, 1.165) is 5.56 Å². The van der Waals surface area contributed by atoms with Crippen LogP contribution in [0.5, 0.6) is 0 Å². The number of ketones is 1. The van der Waals surface area contributed by atoms with Gasteiger partial charge in [0.05, 0.1) is 19.6 Å². The van der Waals surface area contributed by atoms with Gasteiger partial charge in [-0.15, -0.1) is 0 Å². The molecule has 136 valence electrons. The van der Waals surface area contributed by atoms with E-state index in [1.54, 1.807) is 30.3 Å². The normalized spacial score (nSPS) is 12.7. The Kier molecular flexibility index (Phi) is 7.05. The van der Waals surface area contributed by atoms with Gasteiger partial charge in [0, 0.05) is 0 Å². The summed E-state index contributed by atoms with van der Waals surface area (Å²) >= 11 is 0. The van der Waals surface area contributed by atoms with Gasteiger partial charge in [-0.2, -0.15) is 0 Å². The van der Waals surface area contributed by atoms with Crippen molar-refractivity contribution in [1.29, 1.82) is 0 Å². The van der Waals surface area contributed by atoms with Gasteiger partial charge in [-0.25, -0.2) is 4.79 Å². The first-order chi connectivity index (χ1) is 12.5. The first-order valence-electron chi connectivity index (χ1n) is 8.25. The molecule has 0 unspecified atom stereocenters. The van der Waals surface area contributed by atoms with E-state index in [1.165, 1.54) is 7.11 Å². The molecule has 0 bridgehead atoms. The lowest BCUT2D eigenvalue weighted by Crippen LogP contribution is -2.39. The van der Waals surface area contributed by atoms with Gasteiger partial charge >= 0.3 is 5.97 Å². The fourth-order valence-electron chi connectivity index (χ4n) is 2.52. The Morgan fingerprint density at radius 1 is 1.00 bits per heavy atom. The van der Waals surface area contributed by atoms with Gasteiger partial charge in [-0.1, -0.05) is 60.7 Å². The standard InChI is InChI=1S/C20H22N2O4/c1-26-20(25)19(15-10-6-3-7-11-15)22-18(24)13-17(23)16(21)12-14-8-4-2-5-9-14/h2-11,16,19H,12-13,21H2,1H3,(H,22,24)/t16-,19+/m1/s1. The summed E-state index contributed by atoms with van der Waals surface area (Å²) in [5.41, 5.74) is 7.40. The van der Waals surface area contributed by atoms with Gasteiger partial charge in [-0.3, -0.25) is 9.59 Å². The average Bonchev–Trinajstić information content (AvgIpc) is 2.67. The molecule has 2 aromatic carbocycles. The van der Waals surface area contributed by atoms with Crippen molar-refractivity contribution in [3.05, 3.63) is 71.8 Å². The molecule has 0 radical (unpaired) electrons. The van der Waals surface area contributed by atoms with E-state index in [0.29, 0.717) is 12.0 Å². The molecule has 2 aromatic rings. The van der Waals surface area contributed by atoms with Gasteiger partial charge < -0.3 is 15.8 Å². The summed E-state index contributed by atoms with van der Waals surface area (Å²) in [6, 6.07) is 16.3. The number of methoxy groups -OCH3 is 1. The van der Waals surface area contributed by atoms with Crippen LogP contribution in [0.2, 0.25) is 0 Å². The molecule has 6 nitrogen and oxygen atoms in total. The van der Waals surface area contributed by atoms with Gasteiger partial charge in [-0.05, 0) is 17.5 Å². The van der Waals surface area contributed by atoms with Crippen molar-refractivity contribution < 1.29 is 19.1 Å². The van der Waals surface area contributed by atoms with E-state index >= 15 is 0 Å². The average molecular weight is 354 g/mol. The Hall–Kier alpha value is -2.99. The number of carbonyl (C=O) groups excluding carboxylic acids is 3. The van der Waals surface area contributed by atoms with Gasteiger partial charge in [0.1, 0.15) is 0 Å². The first-order valence-corrected chi connectivity index (χ1v) is 8.25. The van der Waals surface area contributed by atoms with Gasteiger partial charge in [0.2, 0.25) is 5.91 Å². The molecule has 0 aliphatic heterocycles. The zero-order valence-corrected chi connectivity index (χ0v) is 14.6. The quantitative estimate of drug-likeness (QED) is 0.553. The second-order valence-electron chi connectivity index (χ2n) is 5.87. The number of carbonyl (C=O) groups is 3. The van der Waals surface area contributed by atoms with Crippen molar-refractivity contribution in [3.8, 4) is 0 Å². The molecule has 0 heterocycles. The highest BCUT2D eigenvalue weighted by Gasteiger charge is 2.25. The number of hydrogen-bond donors (Lipinski definition) is 2. The molecular weight excluding hydrogens is 332 g/mol. The highest BCUT2D eigenvalue weighted by molar-refractivity contribution is 6.01. The minimum absolute atomic E-state index is 0.353. The minimum atomic E-state index is -0.966. The van der Waals surface area contributed by atoms with Crippen molar-refractivity contribution in [2.24, 2.45) is 5.73 Å². The monoisotopic (exact) mass is 354 g/mol. The third kappa shape index (κ3) is 5.53. The molecule has 6 heteroatoms. The van der Waals surface area contributed by atoms with Crippen molar-refractivity contribution in [2.45, 2.75) is 24.9 Å².